The first-order chi connectivity index (χ1) is 21.4. The van der Waals surface area contributed by atoms with Crippen LogP contribution in [0.3, 0.4) is 0 Å². The standard InChI is InChI=1S/C35H38N4O4S/c1-23-22-44-34(37-23)31-16-9-17-39(31)35(42)26-13-8-12-25(19-26)33(41)38-30(18-24-10-4-2-5-11-24)32(40)29-20-28(21-36-29)43-27-14-6-3-7-15-27/h2-8,10-15,19,22,28-32,36,40H,9,16-18,20-21H2,1H3,(H,38,41). The molecule has 3 aromatic carbocycles. The number of ether oxygens (including phenoxy) is 1. The molecule has 2 amide bonds. The Morgan fingerprint density at radius 3 is 2.57 bits per heavy atom. The zero-order valence-corrected chi connectivity index (χ0v) is 25.6. The quantitative estimate of drug-likeness (QED) is 0.235. The minimum absolute atomic E-state index is 0.0438. The van der Waals surface area contributed by atoms with E-state index in [1.54, 1.807) is 35.6 Å². The molecular weight excluding hydrogens is 572 g/mol. The van der Waals surface area contributed by atoms with Gasteiger partial charge in [-0.3, -0.25) is 9.59 Å². The second-order valence-electron chi connectivity index (χ2n) is 11.6. The molecule has 0 spiro atoms. The molecule has 44 heavy (non-hydrogen) atoms. The summed E-state index contributed by atoms with van der Waals surface area (Å²) in [6.45, 7) is 3.23. The number of aryl methyl sites for hydroxylation is 1. The third-order valence-electron chi connectivity index (χ3n) is 8.42. The normalized spacial score (nSPS) is 21.1. The Morgan fingerprint density at radius 2 is 1.82 bits per heavy atom. The number of aliphatic hydroxyl groups excluding tert-OH is 1. The van der Waals surface area contributed by atoms with Crippen molar-refractivity contribution in [2.24, 2.45) is 0 Å². The first-order valence-corrected chi connectivity index (χ1v) is 16.1. The number of para-hydroxylation sites is 1. The number of benzene rings is 3. The maximum atomic E-state index is 13.7. The molecule has 0 bridgehead atoms. The fraction of sp³-hybridized carbons (Fsp3) is 0.343. The van der Waals surface area contributed by atoms with Crippen LogP contribution in [0, 0.1) is 6.92 Å². The van der Waals surface area contributed by atoms with E-state index in [1.807, 2.05) is 77.9 Å². The van der Waals surface area contributed by atoms with Gasteiger partial charge in [0.25, 0.3) is 11.8 Å². The molecule has 2 saturated heterocycles. The summed E-state index contributed by atoms with van der Waals surface area (Å²) in [6, 6.07) is 25.5. The van der Waals surface area contributed by atoms with E-state index in [0.29, 0.717) is 37.1 Å². The summed E-state index contributed by atoms with van der Waals surface area (Å²) in [4.78, 5) is 33.8. The van der Waals surface area contributed by atoms with E-state index in [1.165, 1.54) is 0 Å². The number of aromatic nitrogens is 1. The highest BCUT2D eigenvalue weighted by Gasteiger charge is 2.36. The number of hydrogen-bond acceptors (Lipinski definition) is 7. The zero-order chi connectivity index (χ0) is 30.5. The number of thiazole rings is 1. The maximum absolute atomic E-state index is 13.7. The molecule has 2 fully saturated rings. The summed E-state index contributed by atoms with van der Waals surface area (Å²) in [5.41, 5.74) is 2.82. The summed E-state index contributed by atoms with van der Waals surface area (Å²) in [5.74, 6) is 0.360. The van der Waals surface area contributed by atoms with Crippen LogP contribution in [0.1, 0.15) is 62.3 Å². The molecule has 8 nitrogen and oxygen atoms in total. The Balaban J connectivity index is 1.16. The average Bonchev–Trinajstić information content (AvgIpc) is 3.82. The smallest absolute Gasteiger partial charge is 0.254 e. The van der Waals surface area contributed by atoms with Crippen molar-refractivity contribution in [3.05, 3.63) is 118 Å². The largest absolute Gasteiger partial charge is 0.489 e. The Kier molecular flexibility index (Phi) is 9.35. The topological polar surface area (TPSA) is 104 Å². The van der Waals surface area contributed by atoms with Gasteiger partial charge >= 0.3 is 0 Å². The maximum Gasteiger partial charge on any atom is 0.254 e. The molecule has 9 heteroatoms. The fourth-order valence-electron chi connectivity index (χ4n) is 6.18. The van der Waals surface area contributed by atoms with E-state index in [-0.39, 0.29) is 30.0 Å². The van der Waals surface area contributed by atoms with Gasteiger partial charge in [0.2, 0.25) is 0 Å². The highest BCUT2D eigenvalue weighted by molar-refractivity contribution is 7.09. The number of carbonyl (C=O) groups excluding carboxylic acids is 2. The molecule has 228 valence electrons. The predicted octanol–water partition coefficient (Wildman–Crippen LogP) is 4.94. The Labute approximate surface area is 262 Å². The second-order valence-corrected chi connectivity index (χ2v) is 12.5. The van der Waals surface area contributed by atoms with Crippen LogP contribution in [-0.4, -0.2) is 64.2 Å². The predicted molar refractivity (Wildman–Crippen MR) is 171 cm³/mol. The summed E-state index contributed by atoms with van der Waals surface area (Å²) in [6.07, 6.45) is 1.91. The van der Waals surface area contributed by atoms with Crippen molar-refractivity contribution in [1.82, 2.24) is 20.5 Å². The van der Waals surface area contributed by atoms with E-state index in [4.69, 9.17) is 4.74 Å². The summed E-state index contributed by atoms with van der Waals surface area (Å²) < 4.78 is 6.12. The summed E-state index contributed by atoms with van der Waals surface area (Å²) in [7, 11) is 0. The van der Waals surface area contributed by atoms with Crippen LogP contribution >= 0.6 is 11.3 Å². The molecule has 0 saturated carbocycles. The molecule has 5 unspecified atom stereocenters. The molecular formula is C35H38N4O4S. The van der Waals surface area contributed by atoms with Gasteiger partial charge in [-0.15, -0.1) is 11.3 Å². The van der Waals surface area contributed by atoms with Gasteiger partial charge in [0.15, 0.2) is 0 Å². The molecule has 4 aromatic rings. The molecule has 2 aliphatic heterocycles. The molecule has 0 radical (unpaired) electrons. The van der Waals surface area contributed by atoms with Crippen molar-refractivity contribution in [1.29, 1.82) is 0 Å². The van der Waals surface area contributed by atoms with Crippen molar-refractivity contribution in [3.63, 3.8) is 0 Å². The highest BCUT2D eigenvalue weighted by atomic mass is 32.1. The number of likely N-dealkylation sites (tertiary alicyclic amines) is 1. The van der Waals surface area contributed by atoms with Gasteiger partial charge in [0.1, 0.15) is 16.9 Å². The van der Waals surface area contributed by atoms with E-state index in [9.17, 15) is 14.7 Å². The number of amides is 2. The molecule has 0 aliphatic carbocycles. The van der Waals surface area contributed by atoms with Gasteiger partial charge in [0, 0.05) is 47.8 Å². The minimum Gasteiger partial charge on any atom is -0.489 e. The monoisotopic (exact) mass is 610 g/mol. The number of nitrogens with one attached hydrogen (secondary N) is 2. The lowest BCUT2D eigenvalue weighted by Gasteiger charge is -2.29. The van der Waals surface area contributed by atoms with Gasteiger partial charge in [-0.2, -0.15) is 0 Å². The molecule has 1 aromatic heterocycles. The van der Waals surface area contributed by atoms with Crippen molar-refractivity contribution in [2.75, 3.05) is 13.1 Å². The molecule has 6 rings (SSSR count). The zero-order valence-electron chi connectivity index (χ0n) is 24.8. The van der Waals surface area contributed by atoms with E-state index >= 15 is 0 Å². The first kappa shape index (κ1) is 30.0. The second kappa shape index (κ2) is 13.7. The number of rotatable bonds is 10. The van der Waals surface area contributed by atoms with Crippen LogP contribution in [0.4, 0.5) is 0 Å². The lowest BCUT2D eigenvalue weighted by Crippen LogP contribution is -2.52. The van der Waals surface area contributed by atoms with E-state index < -0.39 is 12.1 Å². The fourth-order valence-corrected chi connectivity index (χ4v) is 7.13. The Hall–Kier alpha value is -4.05. The van der Waals surface area contributed by atoms with Crippen LogP contribution in [0.15, 0.2) is 90.3 Å². The Bertz CT molecular complexity index is 1560. The lowest BCUT2D eigenvalue weighted by molar-refractivity contribution is 0.0719. The third-order valence-corrected chi connectivity index (χ3v) is 9.48. The van der Waals surface area contributed by atoms with Crippen molar-refractivity contribution < 1.29 is 19.4 Å². The van der Waals surface area contributed by atoms with Crippen LogP contribution in [0.5, 0.6) is 5.75 Å². The van der Waals surface area contributed by atoms with E-state index in [2.05, 4.69) is 15.6 Å². The molecule has 3 heterocycles. The first-order valence-electron chi connectivity index (χ1n) is 15.3. The number of carbonyl (C=O) groups is 2. The number of nitrogens with zero attached hydrogens (tertiary/aromatic N) is 2. The molecule has 3 N–H and O–H groups in total. The van der Waals surface area contributed by atoms with Crippen LogP contribution in [0.25, 0.3) is 0 Å². The minimum atomic E-state index is -0.861. The van der Waals surface area contributed by atoms with Gasteiger partial charge in [-0.1, -0.05) is 54.6 Å². The van der Waals surface area contributed by atoms with Crippen LogP contribution in [0.2, 0.25) is 0 Å². The van der Waals surface area contributed by atoms with Crippen molar-refractivity contribution in [2.45, 2.75) is 62.9 Å². The lowest BCUT2D eigenvalue weighted by atomic mass is 9.94. The molecule has 2 aliphatic rings. The number of aliphatic hydroxyl groups is 1. The Morgan fingerprint density at radius 1 is 1.07 bits per heavy atom. The van der Waals surface area contributed by atoms with Crippen molar-refractivity contribution in [3.8, 4) is 5.75 Å². The van der Waals surface area contributed by atoms with Crippen molar-refractivity contribution >= 4 is 23.2 Å². The van der Waals surface area contributed by atoms with Crippen LogP contribution < -0.4 is 15.4 Å². The third kappa shape index (κ3) is 7.01. The SMILES string of the molecule is Cc1csc(C2CCCN2C(=O)c2cccc(C(=O)NC(Cc3ccccc3)C(O)C3CC(Oc4ccccc4)CN3)c2)n1. The van der Waals surface area contributed by atoms with E-state index in [0.717, 1.165) is 34.9 Å². The highest BCUT2D eigenvalue weighted by Crippen LogP contribution is 2.35. The number of hydrogen-bond donors (Lipinski definition) is 3. The average molecular weight is 611 g/mol. The van der Waals surface area contributed by atoms with Gasteiger partial charge in [-0.05, 0) is 62.1 Å². The summed E-state index contributed by atoms with van der Waals surface area (Å²) in [5, 5.41) is 21.0. The summed E-state index contributed by atoms with van der Waals surface area (Å²) >= 11 is 1.59. The van der Waals surface area contributed by atoms with Gasteiger partial charge < -0.3 is 25.4 Å². The molecule has 5 atom stereocenters. The van der Waals surface area contributed by atoms with Gasteiger partial charge in [0.05, 0.1) is 18.2 Å². The van der Waals surface area contributed by atoms with Gasteiger partial charge in [-0.25, -0.2) is 4.98 Å². The van der Waals surface area contributed by atoms with Crippen LogP contribution in [-0.2, 0) is 6.42 Å².